The largest absolute Gasteiger partial charge is 0.396 e. The molecule has 15 heavy (non-hydrogen) atoms. The first-order valence-corrected chi connectivity index (χ1v) is 5.38. The maximum absolute atomic E-state index is 9.38. The van der Waals surface area contributed by atoms with Crippen molar-refractivity contribution in [2.45, 2.75) is 25.4 Å². The van der Waals surface area contributed by atoms with Gasteiger partial charge in [0.15, 0.2) is 0 Å². The van der Waals surface area contributed by atoms with Gasteiger partial charge in [-0.25, -0.2) is 4.98 Å². The van der Waals surface area contributed by atoms with Gasteiger partial charge in [0, 0.05) is 12.7 Å². The van der Waals surface area contributed by atoms with Crippen molar-refractivity contribution in [2.24, 2.45) is 5.92 Å². The third-order valence-electron chi connectivity index (χ3n) is 2.91. The quantitative estimate of drug-likeness (QED) is 0.697. The lowest BCUT2D eigenvalue weighted by molar-refractivity contribution is 0.178. The van der Waals surface area contributed by atoms with Crippen molar-refractivity contribution in [1.82, 2.24) is 4.98 Å². The van der Waals surface area contributed by atoms with Crippen molar-refractivity contribution >= 4 is 11.5 Å². The third kappa shape index (κ3) is 2.59. The molecule has 1 saturated carbocycles. The summed E-state index contributed by atoms with van der Waals surface area (Å²) in [5.74, 6) is 1.29. The van der Waals surface area contributed by atoms with Gasteiger partial charge in [0.2, 0.25) is 0 Å². The van der Waals surface area contributed by atoms with E-state index in [1.54, 1.807) is 6.20 Å². The van der Waals surface area contributed by atoms with Crippen LogP contribution in [0, 0.1) is 5.92 Å². The number of nitrogens with one attached hydrogen (secondary N) is 1. The number of hydrogen-bond acceptors (Lipinski definition) is 4. The second kappa shape index (κ2) is 4.49. The molecular formula is C11H17N3O. The number of pyridine rings is 1. The third-order valence-corrected chi connectivity index (χ3v) is 2.91. The van der Waals surface area contributed by atoms with E-state index in [1.165, 1.54) is 0 Å². The van der Waals surface area contributed by atoms with E-state index in [1.807, 2.05) is 12.1 Å². The highest BCUT2D eigenvalue weighted by atomic mass is 16.3. The number of nitrogens with two attached hydrogens (primary N) is 1. The molecule has 0 spiro atoms. The first-order valence-electron chi connectivity index (χ1n) is 5.38. The van der Waals surface area contributed by atoms with Gasteiger partial charge in [-0.05, 0) is 37.3 Å². The second-order valence-corrected chi connectivity index (χ2v) is 4.16. The maximum atomic E-state index is 9.38. The Hall–Kier alpha value is -1.29. The van der Waals surface area contributed by atoms with Gasteiger partial charge >= 0.3 is 0 Å². The Bertz CT molecular complexity index is 329. The van der Waals surface area contributed by atoms with E-state index < -0.39 is 0 Å². The highest BCUT2D eigenvalue weighted by Gasteiger charge is 2.22. The SMILES string of the molecule is Nc1cccnc1NCC1CCC(O)C1. The Morgan fingerprint density at radius 3 is 3.07 bits per heavy atom. The van der Waals surface area contributed by atoms with Crippen LogP contribution in [0.1, 0.15) is 19.3 Å². The number of rotatable bonds is 3. The summed E-state index contributed by atoms with van der Waals surface area (Å²) in [6, 6.07) is 3.65. The van der Waals surface area contributed by atoms with Gasteiger partial charge in [-0.15, -0.1) is 0 Å². The highest BCUT2D eigenvalue weighted by molar-refractivity contribution is 5.60. The van der Waals surface area contributed by atoms with Gasteiger partial charge in [0.25, 0.3) is 0 Å². The molecule has 4 N–H and O–H groups in total. The zero-order valence-electron chi connectivity index (χ0n) is 8.69. The van der Waals surface area contributed by atoms with E-state index in [0.717, 1.165) is 31.6 Å². The van der Waals surface area contributed by atoms with Crippen LogP contribution < -0.4 is 11.1 Å². The molecule has 1 aliphatic rings. The minimum atomic E-state index is -0.113. The standard InChI is InChI=1S/C11H17N3O/c12-10-2-1-5-13-11(10)14-7-8-3-4-9(15)6-8/h1-2,5,8-9,15H,3-4,6-7,12H2,(H,13,14). The molecule has 0 amide bonds. The minimum Gasteiger partial charge on any atom is -0.396 e. The van der Waals surface area contributed by atoms with Crippen LogP contribution in [-0.2, 0) is 0 Å². The van der Waals surface area contributed by atoms with Crippen LogP contribution >= 0.6 is 0 Å². The summed E-state index contributed by atoms with van der Waals surface area (Å²) in [6.07, 6.45) is 4.50. The lowest BCUT2D eigenvalue weighted by atomic mass is 10.1. The number of hydrogen-bond donors (Lipinski definition) is 3. The van der Waals surface area contributed by atoms with Gasteiger partial charge in [0.05, 0.1) is 11.8 Å². The molecule has 4 heteroatoms. The van der Waals surface area contributed by atoms with E-state index >= 15 is 0 Å². The van der Waals surface area contributed by atoms with E-state index in [-0.39, 0.29) is 6.10 Å². The molecule has 4 nitrogen and oxygen atoms in total. The van der Waals surface area contributed by atoms with Crippen molar-refractivity contribution in [1.29, 1.82) is 0 Å². The molecule has 0 saturated heterocycles. The van der Waals surface area contributed by atoms with Crippen LogP contribution in [0.2, 0.25) is 0 Å². The molecule has 0 aromatic carbocycles. The molecule has 1 aromatic heterocycles. The topological polar surface area (TPSA) is 71.2 Å². The molecule has 82 valence electrons. The molecule has 1 fully saturated rings. The average Bonchev–Trinajstić information content (AvgIpc) is 2.63. The number of aliphatic hydroxyl groups excluding tert-OH is 1. The summed E-state index contributed by atoms with van der Waals surface area (Å²) >= 11 is 0. The zero-order valence-corrected chi connectivity index (χ0v) is 8.69. The predicted molar refractivity (Wildman–Crippen MR) is 60.5 cm³/mol. The molecule has 2 unspecified atom stereocenters. The number of nitrogens with zero attached hydrogens (tertiary/aromatic N) is 1. The lowest BCUT2D eigenvalue weighted by Crippen LogP contribution is -2.14. The van der Waals surface area contributed by atoms with E-state index in [9.17, 15) is 5.11 Å². The monoisotopic (exact) mass is 207 g/mol. The van der Waals surface area contributed by atoms with E-state index in [4.69, 9.17) is 5.73 Å². The van der Waals surface area contributed by atoms with Gasteiger partial charge in [0.1, 0.15) is 5.82 Å². The minimum absolute atomic E-state index is 0.113. The van der Waals surface area contributed by atoms with E-state index in [0.29, 0.717) is 11.6 Å². The van der Waals surface area contributed by atoms with Crippen molar-refractivity contribution in [3.05, 3.63) is 18.3 Å². The molecule has 0 aliphatic heterocycles. The predicted octanol–water partition coefficient (Wildman–Crippen LogP) is 1.24. The number of aromatic nitrogens is 1. The first-order chi connectivity index (χ1) is 7.25. The molecule has 0 radical (unpaired) electrons. The fourth-order valence-electron chi connectivity index (χ4n) is 2.04. The van der Waals surface area contributed by atoms with Crippen LogP contribution in [0.3, 0.4) is 0 Å². The fourth-order valence-corrected chi connectivity index (χ4v) is 2.04. The smallest absolute Gasteiger partial charge is 0.149 e. The molecule has 0 bridgehead atoms. The Balaban J connectivity index is 1.86. The number of aliphatic hydroxyl groups is 1. The summed E-state index contributed by atoms with van der Waals surface area (Å²) in [4.78, 5) is 4.16. The average molecular weight is 207 g/mol. The van der Waals surface area contributed by atoms with Crippen molar-refractivity contribution < 1.29 is 5.11 Å². The summed E-state index contributed by atoms with van der Waals surface area (Å²) < 4.78 is 0. The molecule has 1 aromatic rings. The van der Waals surface area contributed by atoms with Crippen LogP contribution in [0.25, 0.3) is 0 Å². The molecule has 2 rings (SSSR count). The Morgan fingerprint density at radius 2 is 2.40 bits per heavy atom. The molecule has 1 heterocycles. The normalized spacial score (nSPS) is 25.4. The summed E-state index contributed by atoms with van der Waals surface area (Å²) in [5, 5.41) is 12.6. The Morgan fingerprint density at radius 1 is 1.53 bits per heavy atom. The Labute approximate surface area is 89.5 Å². The van der Waals surface area contributed by atoms with Crippen molar-refractivity contribution in [2.75, 3.05) is 17.6 Å². The summed E-state index contributed by atoms with van der Waals surface area (Å²) in [5.41, 5.74) is 6.44. The lowest BCUT2D eigenvalue weighted by Gasteiger charge is -2.12. The highest BCUT2D eigenvalue weighted by Crippen LogP contribution is 2.26. The Kier molecular flexibility index (Phi) is 3.06. The fraction of sp³-hybridized carbons (Fsp3) is 0.545. The van der Waals surface area contributed by atoms with Gasteiger partial charge in [-0.2, -0.15) is 0 Å². The molecular weight excluding hydrogens is 190 g/mol. The van der Waals surface area contributed by atoms with Crippen LogP contribution in [-0.4, -0.2) is 22.7 Å². The number of anilines is 2. The van der Waals surface area contributed by atoms with Gasteiger partial charge < -0.3 is 16.2 Å². The first kappa shape index (κ1) is 10.2. The van der Waals surface area contributed by atoms with Crippen molar-refractivity contribution in [3.8, 4) is 0 Å². The zero-order chi connectivity index (χ0) is 10.7. The van der Waals surface area contributed by atoms with Gasteiger partial charge in [-0.3, -0.25) is 0 Å². The molecule has 2 atom stereocenters. The van der Waals surface area contributed by atoms with Crippen LogP contribution in [0.5, 0.6) is 0 Å². The van der Waals surface area contributed by atoms with Crippen LogP contribution in [0.15, 0.2) is 18.3 Å². The van der Waals surface area contributed by atoms with E-state index in [2.05, 4.69) is 10.3 Å². The molecule has 1 aliphatic carbocycles. The van der Waals surface area contributed by atoms with Crippen LogP contribution in [0.4, 0.5) is 11.5 Å². The number of nitrogen functional groups attached to an aromatic ring is 1. The maximum Gasteiger partial charge on any atom is 0.149 e. The van der Waals surface area contributed by atoms with Gasteiger partial charge in [-0.1, -0.05) is 0 Å². The van der Waals surface area contributed by atoms with Crippen molar-refractivity contribution in [3.63, 3.8) is 0 Å². The summed E-state index contributed by atoms with van der Waals surface area (Å²) in [6.45, 7) is 0.846. The second-order valence-electron chi connectivity index (χ2n) is 4.16. The summed E-state index contributed by atoms with van der Waals surface area (Å²) in [7, 11) is 0.